The highest BCUT2D eigenvalue weighted by atomic mass is 15.2. The van der Waals surface area contributed by atoms with Gasteiger partial charge >= 0.3 is 0 Å². The molecule has 0 radical (unpaired) electrons. The van der Waals surface area contributed by atoms with Crippen LogP contribution in [0.4, 0.5) is 28.4 Å². The highest BCUT2D eigenvalue weighted by molar-refractivity contribution is 5.89. The van der Waals surface area contributed by atoms with E-state index in [1.165, 1.54) is 123 Å². The average molecular weight is 883 g/mol. The molecule has 0 N–H and O–H groups in total. The van der Waals surface area contributed by atoms with Gasteiger partial charge in [-0.3, -0.25) is 0 Å². The van der Waals surface area contributed by atoms with E-state index in [1.54, 1.807) is 0 Å². The molecule has 0 aromatic heterocycles. The first-order valence-electron chi connectivity index (χ1n) is 24.5. The van der Waals surface area contributed by atoms with Gasteiger partial charge in [0.2, 0.25) is 0 Å². The monoisotopic (exact) mass is 882 g/mol. The van der Waals surface area contributed by atoms with Gasteiger partial charge in [-0.2, -0.15) is 0 Å². The fraction of sp³-hybridized carbons (Fsp3) is 0.212. The number of aryl methyl sites for hydroxylation is 6. The average Bonchev–Trinajstić information content (AvgIpc) is 3.70. The minimum absolute atomic E-state index is 0.0386. The molecule has 0 aliphatic heterocycles. The second kappa shape index (κ2) is 16.3. The van der Waals surface area contributed by atoms with Crippen LogP contribution in [0, 0.1) is 47.5 Å². The third kappa shape index (κ3) is 7.07. The van der Waals surface area contributed by atoms with E-state index in [0.29, 0.717) is 5.92 Å². The maximum absolute atomic E-state index is 2.56. The van der Waals surface area contributed by atoms with Crippen molar-refractivity contribution in [2.45, 2.75) is 86.5 Å². The van der Waals surface area contributed by atoms with E-state index in [0.717, 1.165) is 12.1 Å². The van der Waals surface area contributed by atoms with Crippen molar-refractivity contribution in [1.82, 2.24) is 0 Å². The standard InChI is InChI=1S/C66H62N2/c1-41-33-43(3)63(44(4)34-41)67(53-29-31-57-55-21-11-13-23-59(55)65(7,8)61(57)39-53)51-19-15-17-49(37-51)47-25-27-48(28-26-47)50-18-16-20-52(38-50)68(64-45(5)35-42(2)36-46(64)6)54-30-32-58-56-22-12-14-24-60(56)66(9,10)62(58)40-54/h11-39,62H,40H2,1-10H3. The number of hydrogen-bond acceptors (Lipinski definition) is 2. The van der Waals surface area contributed by atoms with Crippen LogP contribution in [-0.2, 0) is 10.8 Å². The van der Waals surface area contributed by atoms with Crippen molar-refractivity contribution in [3.8, 4) is 33.4 Å². The molecule has 0 spiro atoms. The van der Waals surface area contributed by atoms with Crippen LogP contribution < -0.4 is 9.80 Å². The fourth-order valence-electron chi connectivity index (χ4n) is 12.5. The summed E-state index contributed by atoms with van der Waals surface area (Å²) in [4.78, 5) is 5.05. The second-order valence-electron chi connectivity index (χ2n) is 21.0. The Bertz CT molecular complexity index is 3340. The summed E-state index contributed by atoms with van der Waals surface area (Å²) in [6, 6.07) is 61.8. The second-order valence-corrected chi connectivity index (χ2v) is 21.0. The highest BCUT2D eigenvalue weighted by Crippen LogP contribution is 2.56. The number of anilines is 5. The molecule has 1 unspecified atom stereocenters. The van der Waals surface area contributed by atoms with Crippen LogP contribution in [0.5, 0.6) is 0 Å². The molecule has 1 atom stereocenters. The SMILES string of the molecule is Cc1cc(C)c(N(C2=CC=C3c4ccccc4C(C)(C)C3C2)c2cccc(-c3ccc(-c4cccc(N(c5ccc6c(c5)C(C)(C)c5ccccc5-6)c5c(C)cc(C)cc5C)c4)cc3)c2)c(C)c1. The number of benzene rings is 8. The lowest BCUT2D eigenvalue weighted by Crippen LogP contribution is -2.29. The minimum Gasteiger partial charge on any atom is -0.314 e. The molecule has 336 valence electrons. The molecule has 3 aliphatic carbocycles. The van der Waals surface area contributed by atoms with E-state index in [9.17, 15) is 0 Å². The number of fused-ring (bicyclic) bond motifs is 6. The maximum Gasteiger partial charge on any atom is 0.0520 e. The van der Waals surface area contributed by atoms with Crippen LogP contribution in [0.15, 0.2) is 182 Å². The lowest BCUT2D eigenvalue weighted by atomic mass is 9.73. The fourth-order valence-corrected chi connectivity index (χ4v) is 12.5. The van der Waals surface area contributed by atoms with Gasteiger partial charge in [-0.05, 0) is 185 Å². The van der Waals surface area contributed by atoms with E-state index >= 15 is 0 Å². The third-order valence-electron chi connectivity index (χ3n) is 15.6. The molecule has 2 heteroatoms. The van der Waals surface area contributed by atoms with Gasteiger partial charge in [0.15, 0.2) is 0 Å². The summed E-state index contributed by atoms with van der Waals surface area (Å²) >= 11 is 0. The van der Waals surface area contributed by atoms with Gasteiger partial charge in [-0.25, -0.2) is 0 Å². The first kappa shape index (κ1) is 43.4. The highest BCUT2D eigenvalue weighted by Gasteiger charge is 2.44. The van der Waals surface area contributed by atoms with E-state index in [4.69, 9.17) is 0 Å². The number of rotatable bonds is 8. The number of allylic oxidation sites excluding steroid dienone is 4. The van der Waals surface area contributed by atoms with Crippen LogP contribution >= 0.6 is 0 Å². The quantitative estimate of drug-likeness (QED) is 0.150. The summed E-state index contributed by atoms with van der Waals surface area (Å²) in [5.74, 6) is 0.401. The summed E-state index contributed by atoms with van der Waals surface area (Å²) < 4.78 is 0. The Balaban J connectivity index is 0.953. The molecule has 11 rings (SSSR count). The van der Waals surface area contributed by atoms with Crippen LogP contribution in [-0.4, -0.2) is 0 Å². The smallest absolute Gasteiger partial charge is 0.0520 e. The first-order chi connectivity index (χ1) is 32.7. The molecule has 0 saturated carbocycles. The van der Waals surface area contributed by atoms with Crippen LogP contribution in [0.25, 0.3) is 39.0 Å². The lowest BCUT2D eigenvalue weighted by molar-refractivity contribution is 0.406. The van der Waals surface area contributed by atoms with Crippen molar-refractivity contribution in [2.75, 3.05) is 9.80 Å². The zero-order valence-electron chi connectivity index (χ0n) is 41.4. The zero-order chi connectivity index (χ0) is 47.2. The largest absolute Gasteiger partial charge is 0.314 e. The molecular formula is C66H62N2. The van der Waals surface area contributed by atoms with Crippen LogP contribution in [0.2, 0.25) is 0 Å². The van der Waals surface area contributed by atoms with Crippen molar-refractivity contribution in [3.63, 3.8) is 0 Å². The van der Waals surface area contributed by atoms with Crippen LogP contribution in [0.3, 0.4) is 0 Å². The summed E-state index contributed by atoms with van der Waals surface area (Å²) in [5.41, 5.74) is 29.6. The van der Waals surface area contributed by atoms with Crippen molar-refractivity contribution in [3.05, 3.63) is 237 Å². The van der Waals surface area contributed by atoms with Gasteiger partial charge in [0.25, 0.3) is 0 Å². The van der Waals surface area contributed by atoms with Crippen molar-refractivity contribution in [1.29, 1.82) is 0 Å². The van der Waals surface area contributed by atoms with Crippen molar-refractivity contribution >= 4 is 34.0 Å². The van der Waals surface area contributed by atoms with E-state index in [1.807, 2.05) is 0 Å². The molecule has 0 amide bonds. The van der Waals surface area contributed by atoms with Crippen molar-refractivity contribution < 1.29 is 0 Å². The Kier molecular flexibility index (Phi) is 10.4. The van der Waals surface area contributed by atoms with Gasteiger partial charge in [-0.1, -0.05) is 172 Å². The van der Waals surface area contributed by atoms with Gasteiger partial charge in [0.05, 0.1) is 11.4 Å². The number of hydrogen-bond donors (Lipinski definition) is 0. The number of nitrogens with zero attached hydrogens (tertiary/aromatic N) is 2. The van der Waals surface area contributed by atoms with Gasteiger partial charge < -0.3 is 9.80 Å². The van der Waals surface area contributed by atoms with Gasteiger partial charge in [-0.15, -0.1) is 0 Å². The molecule has 68 heavy (non-hydrogen) atoms. The molecule has 0 fully saturated rings. The summed E-state index contributed by atoms with van der Waals surface area (Å²) in [6.07, 6.45) is 5.77. The maximum atomic E-state index is 2.56. The first-order valence-corrected chi connectivity index (χ1v) is 24.5. The topological polar surface area (TPSA) is 6.48 Å². The summed E-state index contributed by atoms with van der Waals surface area (Å²) in [5, 5.41) is 0. The Morgan fingerprint density at radius 1 is 0.397 bits per heavy atom. The van der Waals surface area contributed by atoms with E-state index in [-0.39, 0.29) is 10.8 Å². The predicted octanol–water partition coefficient (Wildman–Crippen LogP) is 18.1. The predicted molar refractivity (Wildman–Crippen MR) is 290 cm³/mol. The normalized spacial score (nSPS) is 16.0. The molecule has 0 saturated heterocycles. The minimum atomic E-state index is -0.0978. The molecule has 8 aromatic carbocycles. The third-order valence-corrected chi connectivity index (χ3v) is 15.6. The molecule has 8 aromatic rings. The van der Waals surface area contributed by atoms with Gasteiger partial charge in [0.1, 0.15) is 0 Å². The van der Waals surface area contributed by atoms with Gasteiger partial charge in [0, 0.05) is 28.2 Å². The van der Waals surface area contributed by atoms with Crippen LogP contribution in [0.1, 0.15) is 89.8 Å². The Morgan fingerprint density at radius 2 is 0.882 bits per heavy atom. The summed E-state index contributed by atoms with van der Waals surface area (Å²) in [6.45, 7) is 23.1. The molecule has 2 nitrogen and oxygen atoms in total. The lowest BCUT2D eigenvalue weighted by Gasteiger charge is -2.37. The van der Waals surface area contributed by atoms with Crippen molar-refractivity contribution in [2.24, 2.45) is 5.92 Å². The van der Waals surface area contributed by atoms with E-state index < -0.39 is 0 Å². The Morgan fingerprint density at radius 3 is 1.47 bits per heavy atom. The molecule has 3 aliphatic rings. The molecular weight excluding hydrogens is 821 g/mol. The molecule has 0 heterocycles. The Hall–Kier alpha value is -7.16. The summed E-state index contributed by atoms with van der Waals surface area (Å²) in [7, 11) is 0. The Labute approximate surface area is 405 Å². The van der Waals surface area contributed by atoms with E-state index in [2.05, 4.69) is 255 Å². The molecule has 0 bridgehead atoms. The zero-order valence-corrected chi connectivity index (χ0v) is 41.4.